The van der Waals surface area contributed by atoms with Gasteiger partial charge in [-0.1, -0.05) is 0 Å². The van der Waals surface area contributed by atoms with E-state index in [2.05, 4.69) is 0 Å². The van der Waals surface area contributed by atoms with Crippen LogP contribution in [0, 0.1) is 10.1 Å². The average Bonchev–Trinajstić information content (AvgIpc) is 2.39. The van der Waals surface area contributed by atoms with Gasteiger partial charge >= 0.3 is 0 Å². The van der Waals surface area contributed by atoms with E-state index in [0.29, 0.717) is 30.2 Å². The molecule has 0 unspecified atom stereocenters. The molecule has 1 aromatic rings. The van der Waals surface area contributed by atoms with E-state index in [-0.39, 0.29) is 11.6 Å². The Morgan fingerprint density at radius 3 is 2.28 bits per heavy atom. The molecule has 1 aliphatic heterocycles. The Morgan fingerprint density at radius 1 is 1.22 bits per heavy atom. The van der Waals surface area contributed by atoms with E-state index in [1.165, 1.54) is 24.3 Å². The van der Waals surface area contributed by atoms with Gasteiger partial charge in [0, 0.05) is 53.1 Å². The smallest absolute Gasteiger partial charge is 0.269 e. The maximum absolute atomic E-state index is 12.0. The Kier molecular flexibility index (Phi) is 3.71. The van der Waals surface area contributed by atoms with E-state index in [0.717, 1.165) is 0 Å². The molecule has 0 aliphatic carbocycles. The maximum Gasteiger partial charge on any atom is 0.269 e. The zero-order chi connectivity index (χ0) is 13.1. The predicted molar refractivity (Wildman–Crippen MR) is 66.9 cm³/mol. The van der Waals surface area contributed by atoms with Gasteiger partial charge in [0.1, 0.15) is 0 Å². The van der Waals surface area contributed by atoms with Gasteiger partial charge in [-0.15, -0.1) is 0 Å². The lowest BCUT2D eigenvalue weighted by Crippen LogP contribution is -2.41. The number of hydrogen-bond donors (Lipinski definition) is 0. The first-order valence-electron chi connectivity index (χ1n) is 5.46. The molecular weight excluding hydrogens is 256 g/mol. The van der Waals surface area contributed by atoms with Crippen LogP contribution in [-0.2, 0) is 10.8 Å². The Labute approximate surface area is 106 Å². The van der Waals surface area contributed by atoms with Gasteiger partial charge in [-0.25, -0.2) is 0 Å². The molecule has 6 nitrogen and oxygen atoms in total. The summed E-state index contributed by atoms with van der Waals surface area (Å²) in [5.41, 5.74) is 0.389. The standard InChI is InChI=1S/C11H12N2O4S/c14-11(12-5-7-18(17)8-6-12)9-1-3-10(4-2-9)13(15)16/h1-4H,5-8H2. The first-order valence-corrected chi connectivity index (χ1v) is 6.95. The van der Waals surface area contributed by atoms with Gasteiger partial charge in [0.2, 0.25) is 0 Å². The molecule has 0 atom stereocenters. The molecule has 7 heteroatoms. The first-order chi connectivity index (χ1) is 8.58. The Hall–Kier alpha value is -1.76. The van der Waals surface area contributed by atoms with E-state index in [4.69, 9.17) is 0 Å². The summed E-state index contributed by atoms with van der Waals surface area (Å²) in [5.74, 6) is 0.832. The third kappa shape index (κ3) is 2.73. The van der Waals surface area contributed by atoms with Crippen LogP contribution in [0.2, 0.25) is 0 Å². The fourth-order valence-corrected chi connectivity index (χ4v) is 2.80. The Bertz CT molecular complexity index is 490. The minimum absolute atomic E-state index is 0.0358. The van der Waals surface area contributed by atoms with Crippen molar-refractivity contribution in [2.45, 2.75) is 0 Å². The highest BCUT2D eigenvalue weighted by molar-refractivity contribution is 7.85. The van der Waals surface area contributed by atoms with Crippen LogP contribution in [0.25, 0.3) is 0 Å². The third-order valence-electron chi connectivity index (χ3n) is 2.79. The summed E-state index contributed by atoms with van der Waals surface area (Å²) >= 11 is 0. The summed E-state index contributed by atoms with van der Waals surface area (Å²) < 4.78 is 11.2. The molecule has 2 rings (SSSR count). The summed E-state index contributed by atoms with van der Waals surface area (Å²) in [4.78, 5) is 23.7. The average molecular weight is 268 g/mol. The molecule has 0 aromatic heterocycles. The summed E-state index contributed by atoms with van der Waals surface area (Å²) in [7, 11) is -0.827. The van der Waals surface area contributed by atoms with E-state index < -0.39 is 15.7 Å². The fraction of sp³-hybridized carbons (Fsp3) is 0.364. The van der Waals surface area contributed by atoms with Gasteiger partial charge < -0.3 is 4.90 Å². The van der Waals surface area contributed by atoms with Crippen LogP contribution < -0.4 is 0 Å². The highest BCUT2D eigenvalue weighted by Gasteiger charge is 2.21. The molecule has 0 saturated carbocycles. The largest absolute Gasteiger partial charge is 0.337 e. The highest BCUT2D eigenvalue weighted by Crippen LogP contribution is 2.14. The van der Waals surface area contributed by atoms with Crippen molar-refractivity contribution in [3.63, 3.8) is 0 Å². The molecule has 0 N–H and O–H groups in total. The van der Waals surface area contributed by atoms with Crippen LogP contribution in [0.1, 0.15) is 10.4 Å². The SMILES string of the molecule is O=C(c1ccc([N+](=O)[O-])cc1)N1CCS(=O)CC1. The summed E-state index contributed by atoms with van der Waals surface area (Å²) in [5, 5.41) is 10.5. The second-order valence-corrected chi connectivity index (χ2v) is 5.64. The van der Waals surface area contributed by atoms with Crippen molar-refractivity contribution < 1.29 is 13.9 Å². The van der Waals surface area contributed by atoms with Crippen LogP contribution in [0.15, 0.2) is 24.3 Å². The molecule has 1 fully saturated rings. The van der Waals surface area contributed by atoms with Gasteiger partial charge in [-0.05, 0) is 12.1 Å². The molecule has 0 spiro atoms. The number of nitro groups is 1. The number of carbonyl (C=O) groups is 1. The van der Waals surface area contributed by atoms with Crippen LogP contribution in [0.5, 0.6) is 0 Å². The van der Waals surface area contributed by atoms with Crippen molar-refractivity contribution in [3.05, 3.63) is 39.9 Å². The third-order valence-corrected chi connectivity index (χ3v) is 4.07. The Morgan fingerprint density at radius 2 is 1.78 bits per heavy atom. The molecule has 1 heterocycles. The molecule has 1 aromatic carbocycles. The second-order valence-electron chi connectivity index (χ2n) is 3.94. The quantitative estimate of drug-likeness (QED) is 0.587. The van der Waals surface area contributed by atoms with Crippen molar-refractivity contribution >= 4 is 22.4 Å². The number of nitro benzene ring substituents is 1. The minimum Gasteiger partial charge on any atom is -0.337 e. The molecule has 1 amide bonds. The lowest BCUT2D eigenvalue weighted by atomic mass is 10.2. The van der Waals surface area contributed by atoms with Gasteiger partial charge in [0.15, 0.2) is 0 Å². The molecule has 1 aliphatic rings. The van der Waals surface area contributed by atoms with Crippen molar-refractivity contribution in [1.82, 2.24) is 4.90 Å². The predicted octanol–water partition coefficient (Wildman–Crippen LogP) is 0.799. The van der Waals surface area contributed by atoms with Crippen molar-refractivity contribution in [2.24, 2.45) is 0 Å². The number of rotatable bonds is 2. The van der Waals surface area contributed by atoms with E-state index >= 15 is 0 Å². The number of amides is 1. The van der Waals surface area contributed by atoms with E-state index in [9.17, 15) is 19.1 Å². The molecule has 96 valence electrons. The molecule has 0 radical (unpaired) electrons. The van der Waals surface area contributed by atoms with Crippen molar-refractivity contribution in [1.29, 1.82) is 0 Å². The molecular formula is C11H12N2O4S. The van der Waals surface area contributed by atoms with Gasteiger partial charge in [-0.2, -0.15) is 0 Å². The van der Waals surface area contributed by atoms with E-state index in [1.807, 2.05) is 0 Å². The van der Waals surface area contributed by atoms with Crippen LogP contribution in [-0.4, -0.2) is 44.5 Å². The minimum atomic E-state index is -0.827. The number of benzene rings is 1. The zero-order valence-electron chi connectivity index (χ0n) is 9.57. The van der Waals surface area contributed by atoms with Crippen molar-refractivity contribution in [3.8, 4) is 0 Å². The van der Waals surface area contributed by atoms with Crippen LogP contribution in [0.4, 0.5) is 5.69 Å². The maximum atomic E-state index is 12.0. The molecule has 1 saturated heterocycles. The highest BCUT2D eigenvalue weighted by atomic mass is 32.2. The van der Waals surface area contributed by atoms with Crippen molar-refractivity contribution in [2.75, 3.05) is 24.6 Å². The molecule has 18 heavy (non-hydrogen) atoms. The zero-order valence-corrected chi connectivity index (χ0v) is 10.4. The lowest BCUT2D eigenvalue weighted by Gasteiger charge is -2.26. The second kappa shape index (κ2) is 5.26. The number of hydrogen-bond acceptors (Lipinski definition) is 4. The Balaban J connectivity index is 2.09. The van der Waals surface area contributed by atoms with Gasteiger partial charge in [0.25, 0.3) is 11.6 Å². The number of carbonyl (C=O) groups excluding carboxylic acids is 1. The van der Waals surface area contributed by atoms with Gasteiger partial charge in [0.05, 0.1) is 4.92 Å². The molecule has 0 bridgehead atoms. The van der Waals surface area contributed by atoms with Gasteiger partial charge in [-0.3, -0.25) is 19.1 Å². The number of nitrogens with zero attached hydrogens (tertiary/aromatic N) is 2. The van der Waals surface area contributed by atoms with Crippen LogP contribution >= 0.6 is 0 Å². The van der Waals surface area contributed by atoms with Crippen LogP contribution in [0.3, 0.4) is 0 Å². The summed E-state index contributed by atoms with van der Waals surface area (Å²) in [6.45, 7) is 0.949. The first kappa shape index (κ1) is 12.7. The normalized spacial score (nSPS) is 16.6. The monoisotopic (exact) mass is 268 g/mol. The summed E-state index contributed by atoms with van der Waals surface area (Å²) in [6.07, 6.45) is 0. The number of non-ortho nitro benzene ring substituents is 1. The topological polar surface area (TPSA) is 80.5 Å². The summed E-state index contributed by atoms with van der Waals surface area (Å²) in [6, 6.07) is 5.53. The van der Waals surface area contributed by atoms with E-state index in [1.54, 1.807) is 4.90 Å². The fourth-order valence-electron chi connectivity index (χ4n) is 1.75. The lowest BCUT2D eigenvalue weighted by molar-refractivity contribution is -0.384.